The van der Waals surface area contributed by atoms with Crippen molar-refractivity contribution in [2.24, 2.45) is 0 Å². The maximum atomic E-state index is 11.9. The summed E-state index contributed by atoms with van der Waals surface area (Å²) in [6.45, 7) is -0.698. The zero-order valence-electron chi connectivity index (χ0n) is 9.98. The molecule has 2 aromatic rings. The Kier molecular flexibility index (Phi) is 4.11. The van der Waals surface area contributed by atoms with E-state index in [1.54, 1.807) is 18.2 Å². The minimum atomic E-state index is -4.25. The lowest BCUT2D eigenvalue weighted by Crippen LogP contribution is -2.14. The predicted octanol–water partition coefficient (Wildman–Crippen LogP) is 3.44. The fraction of sp³-hybridized carbons (Fsp3) is 0.385. The summed E-state index contributed by atoms with van der Waals surface area (Å²) in [7, 11) is 0. The monoisotopic (exact) mass is 274 g/mol. The van der Waals surface area contributed by atoms with E-state index >= 15 is 0 Å². The molecule has 1 aromatic heterocycles. The third-order valence-corrected chi connectivity index (χ3v) is 2.58. The molecule has 0 aliphatic heterocycles. The van der Waals surface area contributed by atoms with E-state index in [2.05, 4.69) is 0 Å². The molecular weight excluding hydrogens is 261 g/mol. The van der Waals surface area contributed by atoms with Gasteiger partial charge < -0.3 is 14.3 Å². The molecule has 0 spiro atoms. The fourth-order valence-corrected chi connectivity index (χ4v) is 1.63. The number of hydrogen-bond acceptors (Lipinski definition) is 3. The topological polar surface area (TPSA) is 42.6 Å². The molecule has 1 N–H and O–H groups in total. The van der Waals surface area contributed by atoms with Crippen LogP contribution in [-0.4, -0.2) is 24.5 Å². The summed E-state index contributed by atoms with van der Waals surface area (Å²) < 4.78 is 45.8. The number of aliphatic hydroxyl groups is 1. The molecule has 1 aromatic carbocycles. The van der Waals surface area contributed by atoms with E-state index in [1.165, 1.54) is 0 Å². The summed E-state index contributed by atoms with van der Waals surface area (Å²) in [4.78, 5) is 0. The van der Waals surface area contributed by atoms with Crippen LogP contribution in [0.4, 0.5) is 13.2 Å². The molecular formula is C13H13F3O3. The minimum Gasteiger partial charge on any atom is -0.458 e. The number of para-hydroxylation sites is 1. The molecule has 0 aliphatic carbocycles. The molecule has 0 aliphatic rings. The first-order valence-corrected chi connectivity index (χ1v) is 5.77. The molecule has 0 bridgehead atoms. The molecule has 1 unspecified atom stereocenters. The number of ether oxygens (including phenoxy) is 1. The lowest BCUT2D eigenvalue weighted by atomic mass is 10.2. The number of furan rings is 1. The second kappa shape index (κ2) is 5.63. The van der Waals surface area contributed by atoms with Crippen molar-refractivity contribution in [1.82, 2.24) is 0 Å². The zero-order valence-corrected chi connectivity index (χ0v) is 9.98. The summed E-state index contributed by atoms with van der Waals surface area (Å²) in [5.74, 6) is 0.285. The first-order chi connectivity index (χ1) is 8.96. The minimum absolute atomic E-state index is 0.226. The highest BCUT2D eigenvalue weighted by Gasteiger charge is 2.26. The maximum Gasteiger partial charge on any atom is 0.391 e. The molecule has 0 saturated heterocycles. The van der Waals surface area contributed by atoms with Gasteiger partial charge in [0.15, 0.2) is 0 Å². The van der Waals surface area contributed by atoms with Crippen LogP contribution >= 0.6 is 0 Å². The summed E-state index contributed by atoms with van der Waals surface area (Å²) in [6.07, 6.45) is -6.34. The van der Waals surface area contributed by atoms with E-state index in [0.717, 1.165) is 5.39 Å². The number of benzene rings is 1. The fourth-order valence-electron chi connectivity index (χ4n) is 1.63. The van der Waals surface area contributed by atoms with Crippen LogP contribution in [0.15, 0.2) is 34.7 Å². The van der Waals surface area contributed by atoms with Crippen molar-refractivity contribution in [3.05, 3.63) is 36.1 Å². The van der Waals surface area contributed by atoms with Gasteiger partial charge in [-0.2, -0.15) is 13.2 Å². The first kappa shape index (κ1) is 13.9. The molecule has 6 heteroatoms. The summed E-state index contributed by atoms with van der Waals surface area (Å²) >= 11 is 0. The van der Waals surface area contributed by atoms with Crippen molar-refractivity contribution >= 4 is 11.0 Å². The highest BCUT2D eigenvalue weighted by Crippen LogP contribution is 2.24. The van der Waals surface area contributed by atoms with Crippen LogP contribution in [0.5, 0.6) is 0 Å². The Labute approximate surface area is 107 Å². The van der Waals surface area contributed by atoms with Crippen molar-refractivity contribution in [3.8, 4) is 0 Å². The Balaban J connectivity index is 1.87. The van der Waals surface area contributed by atoms with Crippen LogP contribution in [0.3, 0.4) is 0 Å². The van der Waals surface area contributed by atoms with Crippen molar-refractivity contribution in [2.45, 2.75) is 18.7 Å². The summed E-state index contributed by atoms with van der Waals surface area (Å²) in [5, 5.41) is 10.6. The van der Waals surface area contributed by atoms with Crippen LogP contribution in [0.25, 0.3) is 11.0 Å². The van der Waals surface area contributed by atoms with Crippen LogP contribution in [0, 0.1) is 0 Å². The first-order valence-electron chi connectivity index (χ1n) is 5.77. The van der Waals surface area contributed by atoms with E-state index in [-0.39, 0.29) is 12.4 Å². The van der Waals surface area contributed by atoms with Crippen LogP contribution < -0.4 is 0 Å². The highest BCUT2D eigenvalue weighted by atomic mass is 19.4. The summed E-state index contributed by atoms with van der Waals surface area (Å²) in [5.41, 5.74) is 0.617. The van der Waals surface area contributed by atoms with E-state index in [1.807, 2.05) is 12.1 Å². The van der Waals surface area contributed by atoms with Gasteiger partial charge >= 0.3 is 6.18 Å². The van der Waals surface area contributed by atoms with Gasteiger partial charge in [0.1, 0.15) is 17.4 Å². The number of fused-ring (bicyclic) bond motifs is 1. The lowest BCUT2D eigenvalue weighted by Gasteiger charge is -2.10. The third-order valence-electron chi connectivity index (χ3n) is 2.58. The Hall–Kier alpha value is -1.53. The van der Waals surface area contributed by atoms with Gasteiger partial charge in [0, 0.05) is 5.39 Å². The van der Waals surface area contributed by atoms with Gasteiger partial charge in [0.05, 0.1) is 19.6 Å². The zero-order chi connectivity index (χ0) is 13.9. The van der Waals surface area contributed by atoms with Crippen LogP contribution in [0.1, 0.15) is 18.3 Å². The SMILES string of the molecule is OC(COCCC(F)(F)F)c1cc2ccccc2o1. The van der Waals surface area contributed by atoms with Crippen molar-refractivity contribution in [3.63, 3.8) is 0 Å². The Morgan fingerprint density at radius 1 is 1.26 bits per heavy atom. The quantitative estimate of drug-likeness (QED) is 0.849. The van der Waals surface area contributed by atoms with Crippen molar-refractivity contribution in [2.75, 3.05) is 13.2 Å². The number of aliphatic hydroxyl groups excluding tert-OH is 1. The lowest BCUT2D eigenvalue weighted by molar-refractivity contribution is -0.147. The van der Waals surface area contributed by atoms with Gasteiger partial charge in [-0.05, 0) is 12.1 Å². The Bertz CT molecular complexity index is 500. The second-order valence-electron chi connectivity index (χ2n) is 4.14. The van der Waals surface area contributed by atoms with Gasteiger partial charge in [-0.25, -0.2) is 0 Å². The average Bonchev–Trinajstić information content (AvgIpc) is 2.77. The Morgan fingerprint density at radius 3 is 2.68 bits per heavy atom. The van der Waals surface area contributed by atoms with Gasteiger partial charge in [-0.1, -0.05) is 18.2 Å². The van der Waals surface area contributed by atoms with Crippen molar-refractivity contribution < 1.29 is 27.4 Å². The molecule has 1 atom stereocenters. The average molecular weight is 274 g/mol. The Morgan fingerprint density at radius 2 is 2.00 bits per heavy atom. The number of alkyl halides is 3. The molecule has 0 saturated carbocycles. The molecule has 2 rings (SSSR count). The van der Waals surface area contributed by atoms with Gasteiger partial charge in [0.2, 0.25) is 0 Å². The highest BCUT2D eigenvalue weighted by molar-refractivity contribution is 5.77. The van der Waals surface area contributed by atoms with E-state index in [0.29, 0.717) is 5.58 Å². The largest absolute Gasteiger partial charge is 0.458 e. The molecule has 0 amide bonds. The molecule has 0 radical (unpaired) electrons. The molecule has 104 valence electrons. The van der Waals surface area contributed by atoms with Gasteiger partial charge in [-0.3, -0.25) is 0 Å². The number of rotatable bonds is 5. The standard InChI is InChI=1S/C13H13F3O3/c14-13(15,16)5-6-18-8-10(17)12-7-9-3-1-2-4-11(9)19-12/h1-4,7,10,17H,5-6,8H2. The van der Waals surface area contributed by atoms with E-state index < -0.39 is 25.3 Å². The number of halogens is 3. The summed E-state index contributed by atoms with van der Waals surface area (Å²) in [6, 6.07) is 8.83. The normalized spacial score (nSPS) is 13.9. The van der Waals surface area contributed by atoms with Crippen molar-refractivity contribution in [1.29, 1.82) is 0 Å². The number of hydrogen-bond donors (Lipinski definition) is 1. The van der Waals surface area contributed by atoms with E-state index in [4.69, 9.17) is 9.15 Å². The third kappa shape index (κ3) is 3.97. The van der Waals surface area contributed by atoms with Gasteiger partial charge in [0.25, 0.3) is 0 Å². The van der Waals surface area contributed by atoms with Gasteiger partial charge in [-0.15, -0.1) is 0 Å². The van der Waals surface area contributed by atoms with Crippen LogP contribution in [0.2, 0.25) is 0 Å². The molecule has 19 heavy (non-hydrogen) atoms. The predicted molar refractivity (Wildman–Crippen MR) is 62.7 cm³/mol. The van der Waals surface area contributed by atoms with E-state index in [9.17, 15) is 18.3 Å². The second-order valence-corrected chi connectivity index (χ2v) is 4.14. The van der Waals surface area contributed by atoms with Crippen LogP contribution in [-0.2, 0) is 4.74 Å². The molecule has 0 fully saturated rings. The maximum absolute atomic E-state index is 11.9. The molecule has 3 nitrogen and oxygen atoms in total. The smallest absolute Gasteiger partial charge is 0.391 e. The molecule has 1 heterocycles.